The second-order valence-electron chi connectivity index (χ2n) is 7.10. The zero-order valence-electron chi connectivity index (χ0n) is 15.4. The second kappa shape index (κ2) is 6.96. The molecule has 3 heterocycles. The quantitative estimate of drug-likeness (QED) is 0.544. The zero-order chi connectivity index (χ0) is 18.9. The van der Waals surface area contributed by atoms with Crippen LogP contribution in [0.5, 0.6) is 0 Å². The van der Waals surface area contributed by atoms with Gasteiger partial charge < -0.3 is 9.32 Å². The maximum atomic E-state index is 12.4. The molecule has 1 saturated heterocycles. The molecule has 28 heavy (non-hydrogen) atoms. The number of oxazole rings is 1. The molecule has 4 aromatic rings. The van der Waals surface area contributed by atoms with Crippen molar-refractivity contribution in [2.24, 2.45) is 0 Å². The number of rotatable bonds is 4. The van der Waals surface area contributed by atoms with Gasteiger partial charge in [0.2, 0.25) is 5.89 Å². The van der Waals surface area contributed by atoms with E-state index in [1.54, 1.807) is 0 Å². The third-order valence-electron chi connectivity index (χ3n) is 5.20. The molecule has 140 valence electrons. The number of nitrogens with zero attached hydrogens (tertiary/aromatic N) is 4. The lowest BCUT2D eigenvalue weighted by Crippen LogP contribution is -2.27. The van der Waals surface area contributed by atoms with Crippen LogP contribution in [0.2, 0.25) is 0 Å². The molecule has 6 heteroatoms. The molecule has 0 atom stereocenters. The van der Waals surface area contributed by atoms with Crippen LogP contribution >= 0.6 is 0 Å². The standard InChI is InChI=1S/C22H20N4O2/c27-22(25-11-3-4-12-25)19-15-28-21(24-19)17-9-7-16(8-10-17)14-26-20-6-2-1-5-18(20)13-23-26/h1-2,5-10,13,15H,3-4,11-12,14H2. The van der Waals surface area contributed by atoms with Crippen LogP contribution in [-0.4, -0.2) is 38.7 Å². The maximum absolute atomic E-state index is 12.4. The third-order valence-corrected chi connectivity index (χ3v) is 5.20. The number of likely N-dealkylation sites (tertiary alicyclic amines) is 1. The van der Waals surface area contributed by atoms with Gasteiger partial charge in [-0.05, 0) is 36.6 Å². The van der Waals surface area contributed by atoms with Crippen LogP contribution in [-0.2, 0) is 6.54 Å². The van der Waals surface area contributed by atoms with E-state index in [1.807, 2.05) is 52.2 Å². The molecule has 5 rings (SSSR count). The van der Waals surface area contributed by atoms with Gasteiger partial charge in [-0.25, -0.2) is 4.98 Å². The summed E-state index contributed by atoms with van der Waals surface area (Å²) in [6.45, 7) is 2.30. The molecule has 2 aromatic carbocycles. The van der Waals surface area contributed by atoms with Gasteiger partial charge in [-0.3, -0.25) is 9.48 Å². The highest BCUT2D eigenvalue weighted by atomic mass is 16.3. The van der Waals surface area contributed by atoms with E-state index in [1.165, 1.54) is 6.26 Å². The molecular weight excluding hydrogens is 352 g/mol. The number of aromatic nitrogens is 3. The molecule has 0 spiro atoms. The number of hydrogen-bond acceptors (Lipinski definition) is 4. The highest BCUT2D eigenvalue weighted by Crippen LogP contribution is 2.22. The highest BCUT2D eigenvalue weighted by Gasteiger charge is 2.22. The van der Waals surface area contributed by atoms with E-state index in [2.05, 4.69) is 22.2 Å². The van der Waals surface area contributed by atoms with Gasteiger partial charge in [0.25, 0.3) is 5.91 Å². The molecule has 1 fully saturated rings. The summed E-state index contributed by atoms with van der Waals surface area (Å²) < 4.78 is 7.55. The van der Waals surface area contributed by atoms with Gasteiger partial charge in [0, 0.05) is 24.0 Å². The lowest BCUT2D eigenvalue weighted by molar-refractivity contribution is 0.0787. The van der Waals surface area contributed by atoms with Crippen molar-refractivity contribution in [1.29, 1.82) is 0 Å². The molecule has 0 N–H and O–H groups in total. The topological polar surface area (TPSA) is 64.2 Å². The van der Waals surface area contributed by atoms with E-state index in [0.29, 0.717) is 18.1 Å². The average molecular weight is 372 g/mol. The Morgan fingerprint density at radius 1 is 1.04 bits per heavy atom. The molecule has 0 radical (unpaired) electrons. The summed E-state index contributed by atoms with van der Waals surface area (Å²) >= 11 is 0. The maximum Gasteiger partial charge on any atom is 0.275 e. The summed E-state index contributed by atoms with van der Waals surface area (Å²) in [7, 11) is 0. The van der Waals surface area contributed by atoms with Crippen LogP contribution < -0.4 is 0 Å². The smallest absolute Gasteiger partial charge is 0.275 e. The Balaban J connectivity index is 1.33. The molecule has 0 saturated carbocycles. The first-order chi connectivity index (χ1) is 13.8. The largest absolute Gasteiger partial charge is 0.444 e. The number of hydrogen-bond donors (Lipinski definition) is 0. The lowest BCUT2D eigenvalue weighted by atomic mass is 10.1. The SMILES string of the molecule is O=C(c1coc(-c2ccc(Cn3ncc4ccccc43)cc2)n1)N1CCCC1. The predicted octanol–water partition coefficient (Wildman–Crippen LogP) is 3.98. The first-order valence-electron chi connectivity index (χ1n) is 9.52. The Morgan fingerprint density at radius 3 is 2.64 bits per heavy atom. The van der Waals surface area contributed by atoms with E-state index in [0.717, 1.165) is 48.0 Å². The van der Waals surface area contributed by atoms with E-state index >= 15 is 0 Å². The third kappa shape index (κ3) is 3.07. The molecule has 1 aliphatic rings. The Morgan fingerprint density at radius 2 is 1.82 bits per heavy atom. The van der Waals surface area contributed by atoms with Crippen molar-refractivity contribution >= 4 is 16.8 Å². The van der Waals surface area contributed by atoms with Crippen molar-refractivity contribution in [3.05, 3.63) is 72.2 Å². The fourth-order valence-corrected chi connectivity index (χ4v) is 3.66. The first kappa shape index (κ1) is 16.7. The second-order valence-corrected chi connectivity index (χ2v) is 7.10. The van der Waals surface area contributed by atoms with Crippen LogP contribution in [0.25, 0.3) is 22.4 Å². The van der Waals surface area contributed by atoms with Crippen LogP contribution in [0.3, 0.4) is 0 Å². The van der Waals surface area contributed by atoms with Crippen molar-refractivity contribution < 1.29 is 9.21 Å². The van der Waals surface area contributed by atoms with Gasteiger partial charge in [-0.2, -0.15) is 5.10 Å². The molecule has 1 amide bonds. The van der Waals surface area contributed by atoms with Gasteiger partial charge in [0.05, 0.1) is 18.3 Å². The van der Waals surface area contributed by atoms with Crippen molar-refractivity contribution in [2.45, 2.75) is 19.4 Å². The van der Waals surface area contributed by atoms with Gasteiger partial charge in [-0.1, -0.05) is 30.3 Å². The molecule has 6 nitrogen and oxygen atoms in total. The average Bonchev–Trinajstić information content (AvgIpc) is 3.49. The number of para-hydroxylation sites is 1. The number of carbonyl (C=O) groups excluding carboxylic acids is 1. The first-order valence-corrected chi connectivity index (χ1v) is 9.52. The molecule has 0 unspecified atom stereocenters. The van der Waals surface area contributed by atoms with Crippen molar-refractivity contribution in [3.63, 3.8) is 0 Å². The van der Waals surface area contributed by atoms with Crippen LogP contribution in [0.4, 0.5) is 0 Å². The molecule has 2 aromatic heterocycles. The number of amides is 1. The fraction of sp³-hybridized carbons (Fsp3) is 0.227. The van der Waals surface area contributed by atoms with E-state index in [4.69, 9.17) is 4.42 Å². The summed E-state index contributed by atoms with van der Waals surface area (Å²) in [6.07, 6.45) is 5.46. The molecule has 1 aliphatic heterocycles. The van der Waals surface area contributed by atoms with Gasteiger partial charge in [0.15, 0.2) is 5.69 Å². The minimum absolute atomic E-state index is 0.0466. The Bertz CT molecular complexity index is 1120. The lowest BCUT2D eigenvalue weighted by Gasteiger charge is -2.12. The highest BCUT2D eigenvalue weighted by molar-refractivity contribution is 5.92. The summed E-state index contributed by atoms with van der Waals surface area (Å²) in [5, 5.41) is 5.61. The molecule has 0 bridgehead atoms. The molecule has 0 aliphatic carbocycles. The van der Waals surface area contributed by atoms with Crippen molar-refractivity contribution in [2.75, 3.05) is 13.1 Å². The Hall–Kier alpha value is -3.41. The monoisotopic (exact) mass is 372 g/mol. The summed E-state index contributed by atoms with van der Waals surface area (Å²) in [6, 6.07) is 16.2. The van der Waals surface area contributed by atoms with Crippen molar-refractivity contribution in [1.82, 2.24) is 19.7 Å². The molecular formula is C22H20N4O2. The van der Waals surface area contributed by atoms with Crippen LogP contribution in [0.1, 0.15) is 28.9 Å². The van der Waals surface area contributed by atoms with E-state index in [-0.39, 0.29) is 5.91 Å². The summed E-state index contributed by atoms with van der Waals surface area (Å²) in [5.41, 5.74) is 3.49. The summed E-state index contributed by atoms with van der Waals surface area (Å²) in [4.78, 5) is 18.7. The number of fused-ring (bicyclic) bond motifs is 1. The number of benzene rings is 2. The Kier molecular flexibility index (Phi) is 4.16. The fourth-order valence-electron chi connectivity index (χ4n) is 3.66. The van der Waals surface area contributed by atoms with Crippen LogP contribution in [0, 0.1) is 0 Å². The summed E-state index contributed by atoms with van der Waals surface area (Å²) in [5.74, 6) is 0.424. The van der Waals surface area contributed by atoms with Crippen LogP contribution in [0.15, 0.2) is 65.4 Å². The van der Waals surface area contributed by atoms with Crippen molar-refractivity contribution in [3.8, 4) is 11.5 Å². The van der Waals surface area contributed by atoms with E-state index < -0.39 is 0 Å². The zero-order valence-corrected chi connectivity index (χ0v) is 15.4. The predicted molar refractivity (Wildman–Crippen MR) is 106 cm³/mol. The number of carbonyl (C=O) groups is 1. The normalized spacial score (nSPS) is 14.1. The van der Waals surface area contributed by atoms with Gasteiger partial charge in [-0.15, -0.1) is 0 Å². The minimum Gasteiger partial charge on any atom is -0.444 e. The minimum atomic E-state index is -0.0466. The van der Waals surface area contributed by atoms with Gasteiger partial charge >= 0.3 is 0 Å². The van der Waals surface area contributed by atoms with Gasteiger partial charge in [0.1, 0.15) is 6.26 Å². The Labute approximate surface area is 162 Å². The van der Waals surface area contributed by atoms with E-state index in [9.17, 15) is 4.79 Å².